The van der Waals surface area contributed by atoms with Gasteiger partial charge in [-0.2, -0.15) is 5.10 Å². The number of piperidine rings is 2. The van der Waals surface area contributed by atoms with Crippen molar-refractivity contribution in [2.24, 2.45) is 0 Å². The lowest BCUT2D eigenvalue weighted by atomic mass is 9.89. The van der Waals surface area contributed by atoms with E-state index in [1.165, 1.54) is 16.9 Å². The molecule has 3 N–H and O–H groups in total. The molecular formula is C46H47Cl2N11O4S. The smallest absolute Gasteiger partial charge is 0.257 e. The molecule has 3 saturated heterocycles. The van der Waals surface area contributed by atoms with Gasteiger partial charge in [0.25, 0.3) is 5.91 Å². The minimum atomic E-state index is -0.857. The molecule has 64 heavy (non-hydrogen) atoms. The Morgan fingerprint density at radius 3 is 2.42 bits per heavy atom. The van der Waals surface area contributed by atoms with Crippen LogP contribution in [0.15, 0.2) is 78.7 Å². The maximum absolute atomic E-state index is 13.9. The number of carbonyl (C=O) groups excluding carboxylic acids is 4. The van der Waals surface area contributed by atoms with Crippen LogP contribution in [0.3, 0.4) is 0 Å². The van der Waals surface area contributed by atoms with Crippen LogP contribution < -0.4 is 20.9 Å². The fourth-order valence-corrected chi connectivity index (χ4v) is 10.6. The lowest BCUT2D eigenvalue weighted by Gasteiger charge is -2.38. The number of imidazole rings is 1. The SMILES string of the molecule is O=C1CCC(Nc2ccc(C3CCN(CC(=O)N4CCN(c5ccc(-c6cc(Cl)c7cn(C(C(=O)Nc8nccs8)c8ncn9c8CCC9)nc7c6Cl)cc5)CC4)CC3)cc2)C(=O)N1. The average molecular weight is 921 g/mol. The molecule has 10 rings (SSSR count). The second kappa shape index (κ2) is 18.0. The summed E-state index contributed by atoms with van der Waals surface area (Å²) in [6, 6.07) is 17.0. The third-order valence-corrected chi connectivity index (χ3v) is 14.4. The first-order valence-corrected chi connectivity index (χ1v) is 23.5. The summed E-state index contributed by atoms with van der Waals surface area (Å²) >= 11 is 15.4. The van der Waals surface area contributed by atoms with E-state index in [2.05, 4.69) is 64.6 Å². The third kappa shape index (κ3) is 8.59. The van der Waals surface area contributed by atoms with E-state index >= 15 is 0 Å². The molecule has 3 aromatic heterocycles. The minimum absolute atomic E-state index is 0.168. The quantitative estimate of drug-likeness (QED) is 0.121. The van der Waals surface area contributed by atoms with Crippen LogP contribution in [0.25, 0.3) is 22.0 Å². The van der Waals surface area contributed by atoms with Gasteiger partial charge in [0.15, 0.2) is 11.2 Å². The Morgan fingerprint density at radius 1 is 0.906 bits per heavy atom. The topological polar surface area (TPSA) is 163 Å². The van der Waals surface area contributed by atoms with Crippen molar-refractivity contribution < 1.29 is 19.2 Å². The molecule has 2 atom stereocenters. The second-order valence-electron chi connectivity index (χ2n) is 16.9. The molecule has 7 heterocycles. The van der Waals surface area contributed by atoms with E-state index in [1.54, 1.807) is 23.4 Å². The van der Waals surface area contributed by atoms with E-state index in [0.29, 0.717) is 70.2 Å². The molecular weight excluding hydrogens is 874 g/mol. The first-order valence-electron chi connectivity index (χ1n) is 21.8. The second-order valence-corrected chi connectivity index (χ2v) is 18.6. The Labute approximate surface area is 383 Å². The third-order valence-electron chi connectivity index (χ3n) is 13.0. The van der Waals surface area contributed by atoms with Gasteiger partial charge in [-0.1, -0.05) is 47.5 Å². The van der Waals surface area contributed by atoms with Gasteiger partial charge in [0.2, 0.25) is 17.7 Å². The molecule has 0 aliphatic carbocycles. The molecule has 4 aliphatic rings. The van der Waals surface area contributed by atoms with Crippen molar-refractivity contribution in [2.45, 2.75) is 63.1 Å². The van der Waals surface area contributed by atoms with Crippen molar-refractivity contribution in [3.8, 4) is 11.1 Å². The van der Waals surface area contributed by atoms with Crippen LogP contribution in [0, 0.1) is 0 Å². The Kier molecular flexibility index (Phi) is 11.8. The monoisotopic (exact) mass is 919 g/mol. The molecule has 15 nitrogen and oxygen atoms in total. The molecule has 0 radical (unpaired) electrons. The summed E-state index contributed by atoms with van der Waals surface area (Å²) in [4.78, 5) is 66.4. The number of rotatable bonds is 11. The number of fused-ring (bicyclic) bond motifs is 2. The number of imide groups is 1. The van der Waals surface area contributed by atoms with Crippen LogP contribution in [0.2, 0.25) is 10.0 Å². The van der Waals surface area contributed by atoms with Crippen LogP contribution in [0.1, 0.15) is 61.0 Å². The number of benzene rings is 3. The maximum Gasteiger partial charge on any atom is 0.257 e. The summed E-state index contributed by atoms with van der Waals surface area (Å²) in [7, 11) is 0. The normalized spacial score (nSPS) is 18.9. The van der Waals surface area contributed by atoms with Crippen LogP contribution in [0.5, 0.6) is 0 Å². The zero-order valence-electron chi connectivity index (χ0n) is 35.0. The molecule has 330 valence electrons. The van der Waals surface area contributed by atoms with Crippen LogP contribution in [0.4, 0.5) is 16.5 Å². The first-order chi connectivity index (χ1) is 31.1. The van der Waals surface area contributed by atoms with Crippen molar-refractivity contribution in [1.82, 2.24) is 39.4 Å². The van der Waals surface area contributed by atoms with Crippen LogP contribution in [-0.4, -0.2) is 110 Å². The number of nitrogens with zero attached hydrogens (tertiary/aromatic N) is 8. The summed E-state index contributed by atoms with van der Waals surface area (Å²) in [5.41, 5.74) is 6.96. The Morgan fingerprint density at radius 2 is 1.69 bits per heavy atom. The van der Waals surface area contributed by atoms with Gasteiger partial charge in [-0.3, -0.25) is 39.4 Å². The van der Waals surface area contributed by atoms with Crippen molar-refractivity contribution in [3.05, 3.63) is 106 Å². The fourth-order valence-electron chi connectivity index (χ4n) is 9.49. The van der Waals surface area contributed by atoms with Crippen molar-refractivity contribution in [3.63, 3.8) is 0 Å². The number of aromatic nitrogens is 5. The predicted molar refractivity (Wildman–Crippen MR) is 248 cm³/mol. The molecule has 2 unspecified atom stereocenters. The molecule has 3 aromatic carbocycles. The molecule has 3 fully saturated rings. The van der Waals surface area contributed by atoms with E-state index < -0.39 is 12.1 Å². The zero-order valence-corrected chi connectivity index (χ0v) is 37.3. The highest BCUT2D eigenvalue weighted by molar-refractivity contribution is 7.13. The average Bonchev–Trinajstić information content (AvgIpc) is 4.15. The number of carbonyl (C=O) groups is 4. The number of thiazole rings is 1. The number of nitrogens with one attached hydrogen (secondary N) is 3. The molecule has 0 saturated carbocycles. The van der Waals surface area contributed by atoms with Gasteiger partial charge in [-0.25, -0.2) is 9.97 Å². The number of piperazine rings is 1. The number of amides is 4. The molecule has 0 bridgehead atoms. The summed E-state index contributed by atoms with van der Waals surface area (Å²) in [6.45, 7) is 5.78. The number of halogens is 2. The molecule has 6 aromatic rings. The van der Waals surface area contributed by atoms with E-state index in [-0.39, 0.29) is 23.6 Å². The number of hydrogen-bond donors (Lipinski definition) is 3. The van der Waals surface area contributed by atoms with Gasteiger partial charge in [-0.15, -0.1) is 11.3 Å². The summed E-state index contributed by atoms with van der Waals surface area (Å²) < 4.78 is 3.70. The van der Waals surface area contributed by atoms with Gasteiger partial charge >= 0.3 is 0 Å². The minimum Gasteiger partial charge on any atom is -0.374 e. The fraction of sp³-hybridized carbons (Fsp3) is 0.370. The Hall–Kier alpha value is -5.81. The standard InChI is InChI=1S/C46H47Cl2N11O4S/c47-35-24-33(40(48)41-34(35)25-59(54-41)43(45(63)53-46-49-15-23-64-46)42-37-2-1-16-58(37)27-50-42)30-5-9-32(10-6-30)56-19-21-57(22-20-56)39(61)26-55-17-13-29(14-18-55)28-3-7-31(8-4-28)51-36-11-12-38(60)52-44(36)62/h3-10,15,23-25,27,29,36,43,51H,1-2,11-14,16-22,26H2,(H,49,53,63)(H,52,60,62). The Balaban J connectivity index is 0.742. The molecule has 0 spiro atoms. The number of anilines is 3. The number of aryl methyl sites for hydroxylation is 1. The lowest BCUT2D eigenvalue weighted by molar-refractivity contribution is -0.134. The van der Waals surface area contributed by atoms with Crippen molar-refractivity contribution >= 4 is 85.6 Å². The molecule has 4 aliphatic heterocycles. The van der Waals surface area contributed by atoms with Gasteiger partial charge in [0.05, 0.1) is 28.6 Å². The van der Waals surface area contributed by atoms with Crippen molar-refractivity contribution in [1.29, 1.82) is 0 Å². The van der Waals surface area contributed by atoms with Gasteiger partial charge in [0.1, 0.15) is 11.6 Å². The molecule has 18 heteroatoms. The number of hydrogen-bond acceptors (Lipinski definition) is 11. The van der Waals surface area contributed by atoms with Gasteiger partial charge < -0.3 is 19.7 Å². The van der Waals surface area contributed by atoms with Gasteiger partial charge in [0, 0.05) is 84.9 Å². The molecule has 4 amide bonds. The first kappa shape index (κ1) is 42.2. The zero-order chi connectivity index (χ0) is 43.9. The lowest BCUT2D eigenvalue weighted by Crippen LogP contribution is -2.51. The van der Waals surface area contributed by atoms with E-state index in [0.717, 1.165) is 86.6 Å². The highest BCUT2D eigenvalue weighted by Gasteiger charge is 2.33. The van der Waals surface area contributed by atoms with E-state index in [4.69, 9.17) is 28.3 Å². The Bertz CT molecular complexity index is 2710. The van der Waals surface area contributed by atoms with Crippen LogP contribution >= 0.6 is 34.5 Å². The summed E-state index contributed by atoms with van der Waals surface area (Å²) in [5, 5.41) is 17.3. The van der Waals surface area contributed by atoms with E-state index in [9.17, 15) is 19.2 Å². The largest absolute Gasteiger partial charge is 0.374 e. The van der Waals surface area contributed by atoms with Gasteiger partial charge in [-0.05, 0) is 92.6 Å². The summed E-state index contributed by atoms with van der Waals surface area (Å²) in [5.74, 6) is -0.212. The highest BCUT2D eigenvalue weighted by atomic mass is 35.5. The van der Waals surface area contributed by atoms with Crippen LogP contribution in [-0.2, 0) is 32.1 Å². The van der Waals surface area contributed by atoms with E-state index in [1.807, 2.05) is 40.6 Å². The maximum atomic E-state index is 13.9. The predicted octanol–water partition coefficient (Wildman–Crippen LogP) is 6.58. The van der Waals surface area contributed by atoms with Crippen molar-refractivity contribution in [2.75, 3.05) is 61.3 Å². The highest BCUT2D eigenvalue weighted by Crippen LogP contribution is 2.40. The summed E-state index contributed by atoms with van der Waals surface area (Å²) in [6.07, 6.45) is 9.80. The number of likely N-dealkylation sites (tertiary alicyclic amines) is 1.